The lowest BCUT2D eigenvalue weighted by Crippen LogP contribution is -2.20. The van der Waals surface area contributed by atoms with Gasteiger partial charge >= 0.3 is 0 Å². The maximum Gasteiger partial charge on any atom is 0.262 e. The molecule has 2 aromatic heterocycles. The van der Waals surface area contributed by atoms with Gasteiger partial charge in [-0.05, 0) is 49.7 Å². The molecule has 0 aliphatic rings. The van der Waals surface area contributed by atoms with E-state index in [0.717, 1.165) is 16.6 Å². The molecule has 0 radical (unpaired) electrons. The summed E-state index contributed by atoms with van der Waals surface area (Å²) in [5.41, 5.74) is 3.11. The molecule has 0 fully saturated rings. The Kier molecular flexibility index (Phi) is 5.77. The lowest BCUT2D eigenvalue weighted by Gasteiger charge is -2.13. The van der Waals surface area contributed by atoms with Gasteiger partial charge in [0.05, 0.1) is 16.1 Å². The molecule has 2 heterocycles. The molecular weight excluding hydrogens is 416 g/mol. The van der Waals surface area contributed by atoms with Crippen LogP contribution in [0.4, 0.5) is 5.69 Å². The Hall–Kier alpha value is -3.58. The SMILES string of the molecule is Cc1cc(C)c2c(OCC(=O)Nc3ccccc3Oc3ccccc3Cl)nn(C)c2n1. The van der Waals surface area contributed by atoms with Crippen LogP contribution in [0.25, 0.3) is 11.0 Å². The highest BCUT2D eigenvalue weighted by Crippen LogP contribution is 2.33. The van der Waals surface area contributed by atoms with Crippen molar-refractivity contribution in [1.82, 2.24) is 14.8 Å². The van der Waals surface area contributed by atoms with E-state index in [-0.39, 0.29) is 12.5 Å². The molecule has 4 aromatic rings. The molecule has 0 spiro atoms. The third kappa shape index (κ3) is 4.46. The van der Waals surface area contributed by atoms with Crippen molar-refractivity contribution >= 4 is 34.2 Å². The maximum absolute atomic E-state index is 12.6. The summed E-state index contributed by atoms with van der Waals surface area (Å²) in [6.07, 6.45) is 0. The summed E-state index contributed by atoms with van der Waals surface area (Å²) in [6.45, 7) is 3.68. The number of fused-ring (bicyclic) bond motifs is 1. The van der Waals surface area contributed by atoms with Gasteiger partial charge in [-0.1, -0.05) is 35.9 Å². The maximum atomic E-state index is 12.6. The monoisotopic (exact) mass is 436 g/mol. The third-order valence-electron chi connectivity index (χ3n) is 4.64. The van der Waals surface area contributed by atoms with Crippen LogP contribution < -0.4 is 14.8 Å². The minimum absolute atomic E-state index is 0.208. The second-order valence-corrected chi connectivity index (χ2v) is 7.48. The number of pyridine rings is 1. The molecule has 31 heavy (non-hydrogen) atoms. The third-order valence-corrected chi connectivity index (χ3v) is 4.96. The van der Waals surface area contributed by atoms with Crippen molar-refractivity contribution in [2.45, 2.75) is 13.8 Å². The Morgan fingerprint density at radius 1 is 1.10 bits per heavy atom. The molecule has 1 amide bonds. The number of hydrogen-bond donors (Lipinski definition) is 1. The number of carbonyl (C=O) groups is 1. The van der Waals surface area contributed by atoms with Crippen LogP contribution in [0.15, 0.2) is 54.6 Å². The molecular formula is C23H21ClN4O3. The molecule has 4 rings (SSSR count). The van der Waals surface area contributed by atoms with Crippen LogP contribution in [-0.4, -0.2) is 27.3 Å². The number of carbonyl (C=O) groups excluding carboxylic acids is 1. The average molecular weight is 437 g/mol. The number of amides is 1. The van der Waals surface area contributed by atoms with Crippen molar-refractivity contribution in [3.63, 3.8) is 0 Å². The summed E-state index contributed by atoms with van der Waals surface area (Å²) < 4.78 is 13.3. The van der Waals surface area contributed by atoms with Crippen LogP contribution in [0.1, 0.15) is 11.3 Å². The molecule has 7 nitrogen and oxygen atoms in total. The van der Waals surface area contributed by atoms with Gasteiger partial charge in [0.1, 0.15) is 5.75 Å². The van der Waals surface area contributed by atoms with Gasteiger partial charge in [-0.15, -0.1) is 5.10 Å². The van der Waals surface area contributed by atoms with Crippen molar-refractivity contribution in [2.75, 3.05) is 11.9 Å². The van der Waals surface area contributed by atoms with E-state index >= 15 is 0 Å². The van der Waals surface area contributed by atoms with Gasteiger partial charge in [-0.25, -0.2) is 9.67 Å². The van der Waals surface area contributed by atoms with E-state index in [4.69, 9.17) is 21.1 Å². The molecule has 0 saturated heterocycles. The lowest BCUT2D eigenvalue weighted by atomic mass is 10.2. The Labute approximate surface area is 184 Å². The fourth-order valence-corrected chi connectivity index (χ4v) is 3.45. The summed E-state index contributed by atoms with van der Waals surface area (Å²) in [7, 11) is 1.80. The van der Waals surface area contributed by atoms with Gasteiger partial charge in [-0.2, -0.15) is 0 Å². The summed E-state index contributed by atoms with van der Waals surface area (Å²) in [5.74, 6) is 1.01. The molecule has 0 saturated carbocycles. The van der Waals surface area contributed by atoms with Crippen molar-refractivity contribution in [2.24, 2.45) is 7.05 Å². The molecule has 0 atom stereocenters. The number of hydrogen-bond acceptors (Lipinski definition) is 5. The highest BCUT2D eigenvalue weighted by atomic mass is 35.5. The van der Waals surface area contributed by atoms with E-state index in [1.165, 1.54) is 0 Å². The van der Waals surface area contributed by atoms with Crippen molar-refractivity contribution in [3.05, 3.63) is 70.9 Å². The predicted octanol–water partition coefficient (Wildman–Crippen LogP) is 5.05. The number of rotatable bonds is 6. The second kappa shape index (κ2) is 8.65. The zero-order chi connectivity index (χ0) is 22.0. The fourth-order valence-electron chi connectivity index (χ4n) is 3.28. The van der Waals surface area contributed by atoms with Crippen LogP contribution in [-0.2, 0) is 11.8 Å². The fraction of sp³-hybridized carbons (Fsp3) is 0.174. The number of aryl methyl sites for hydroxylation is 3. The van der Waals surface area contributed by atoms with Gasteiger partial charge in [0.15, 0.2) is 18.0 Å². The van der Waals surface area contributed by atoms with Gasteiger partial charge < -0.3 is 14.8 Å². The Balaban J connectivity index is 1.48. The van der Waals surface area contributed by atoms with Crippen molar-refractivity contribution < 1.29 is 14.3 Å². The molecule has 1 N–H and O–H groups in total. The summed E-state index contributed by atoms with van der Waals surface area (Å²) in [5, 5.41) is 8.46. The quantitative estimate of drug-likeness (QED) is 0.457. The summed E-state index contributed by atoms with van der Waals surface area (Å²) >= 11 is 6.18. The van der Waals surface area contributed by atoms with E-state index in [2.05, 4.69) is 15.4 Å². The highest BCUT2D eigenvalue weighted by molar-refractivity contribution is 6.32. The standard InChI is InChI=1S/C23H21ClN4O3/c1-14-12-15(2)25-22-21(14)23(27-28(22)3)30-13-20(29)26-17-9-5-7-11-19(17)31-18-10-6-4-8-16(18)24/h4-12H,13H2,1-3H3,(H,26,29). The number of para-hydroxylation sites is 3. The number of nitrogens with zero attached hydrogens (tertiary/aromatic N) is 3. The molecule has 0 aliphatic carbocycles. The van der Waals surface area contributed by atoms with Crippen LogP contribution in [0.3, 0.4) is 0 Å². The molecule has 158 valence electrons. The normalized spacial score (nSPS) is 10.8. The van der Waals surface area contributed by atoms with E-state index in [9.17, 15) is 4.79 Å². The number of nitrogens with one attached hydrogen (secondary N) is 1. The first kappa shape index (κ1) is 20.7. The topological polar surface area (TPSA) is 78.3 Å². The van der Waals surface area contributed by atoms with Crippen LogP contribution >= 0.6 is 11.6 Å². The largest absolute Gasteiger partial charge is 0.466 e. The molecule has 0 aliphatic heterocycles. The lowest BCUT2D eigenvalue weighted by molar-refractivity contribution is -0.118. The average Bonchev–Trinajstić information content (AvgIpc) is 3.05. The minimum atomic E-state index is -0.341. The van der Waals surface area contributed by atoms with Gasteiger partial charge in [-0.3, -0.25) is 4.79 Å². The Morgan fingerprint density at radius 2 is 1.81 bits per heavy atom. The molecule has 0 bridgehead atoms. The zero-order valence-corrected chi connectivity index (χ0v) is 18.1. The van der Waals surface area contributed by atoms with Crippen molar-refractivity contribution in [1.29, 1.82) is 0 Å². The molecule has 8 heteroatoms. The van der Waals surface area contributed by atoms with Crippen LogP contribution in [0.2, 0.25) is 5.02 Å². The van der Waals surface area contributed by atoms with Gasteiger partial charge in [0.2, 0.25) is 5.88 Å². The van der Waals surface area contributed by atoms with Gasteiger partial charge in [0.25, 0.3) is 5.91 Å². The number of ether oxygens (including phenoxy) is 2. The van der Waals surface area contributed by atoms with Crippen LogP contribution in [0, 0.1) is 13.8 Å². The number of halogens is 1. The smallest absolute Gasteiger partial charge is 0.262 e. The predicted molar refractivity (Wildman–Crippen MR) is 120 cm³/mol. The van der Waals surface area contributed by atoms with Crippen molar-refractivity contribution in [3.8, 4) is 17.4 Å². The Morgan fingerprint density at radius 3 is 2.58 bits per heavy atom. The van der Waals surface area contributed by atoms with E-state index in [0.29, 0.717) is 33.7 Å². The van der Waals surface area contributed by atoms with E-state index in [1.54, 1.807) is 42.1 Å². The minimum Gasteiger partial charge on any atom is -0.466 e. The molecule has 2 aromatic carbocycles. The second-order valence-electron chi connectivity index (χ2n) is 7.07. The molecule has 0 unspecified atom stereocenters. The summed E-state index contributed by atoms with van der Waals surface area (Å²) in [6, 6.07) is 16.2. The first-order valence-corrected chi connectivity index (χ1v) is 10.0. The van der Waals surface area contributed by atoms with E-state index < -0.39 is 0 Å². The number of aromatic nitrogens is 3. The first-order chi connectivity index (χ1) is 14.9. The highest BCUT2D eigenvalue weighted by Gasteiger charge is 2.16. The number of anilines is 1. The van der Waals surface area contributed by atoms with Gasteiger partial charge in [0, 0.05) is 12.7 Å². The summed E-state index contributed by atoms with van der Waals surface area (Å²) in [4.78, 5) is 17.1. The first-order valence-electron chi connectivity index (χ1n) is 9.67. The van der Waals surface area contributed by atoms with Crippen LogP contribution in [0.5, 0.6) is 17.4 Å². The van der Waals surface area contributed by atoms with E-state index in [1.807, 2.05) is 38.1 Å². The Bertz CT molecular complexity index is 1270. The number of benzene rings is 2. The zero-order valence-electron chi connectivity index (χ0n) is 17.3.